The van der Waals surface area contributed by atoms with Crippen LogP contribution < -0.4 is 5.56 Å². The Morgan fingerprint density at radius 1 is 1.35 bits per heavy atom. The summed E-state index contributed by atoms with van der Waals surface area (Å²) in [6.07, 6.45) is 7.04. The van der Waals surface area contributed by atoms with E-state index in [1.165, 1.54) is 12.4 Å². The minimum Gasteiger partial charge on any atom is -0.332 e. The zero-order valence-electron chi connectivity index (χ0n) is 14.3. The van der Waals surface area contributed by atoms with Gasteiger partial charge in [0.25, 0.3) is 11.5 Å². The van der Waals surface area contributed by atoms with Gasteiger partial charge in [-0.3, -0.25) is 18.4 Å². The highest BCUT2D eigenvalue weighted by Gasteiger charge is 2.23. The van der Waals surface area contributed by atoms with Crippen LogP contribution in [-0.4, -0.2) is 39.6 Å². The predicted molar refractivity (Wildman–Crippen MR) is 91.2 cm³/mol. The maximum atomic E-state index is 13.2. The van der Waals surface area contributed by atoms with E-state index in [-0.39, 0.29) is 5.56 Å². The van der Waals surface area contributed by atoms with Crippen molar-refractivity contribution in [1.82, 2.24) is 33.7 Å². The van der Waals surface area contributed by atoms with Gasteiger partial charge < -0.3 is 4.98 Å². The quantitative estimate of drug-likeness (QED) is 0.591. The molecule has 0 aliphatic heterocycles. The summed E-state index contributed by atoms with van der Waals surface area (Å²) >= 11 is 0. The van der Waals surface area contributed by atoms with Crippen LogP contribution in [-0.2, 0) is 13.1 Å². The fraction of sp³-hybridized carbons (Fsp3) is 0.375. The second-order valence-electron chi connectivity index (χ2n) is 6.33. The second-order valence-corrected chi connectivity index (χ2v) is 6.33. The van der Waals surface area contributed by atoms with Gasteiger partial charge in [-0.2, -0.15) is 5.10 Å². The average molecular weight is 361 g/mol. The molecule has 8 nitrogen and oxygen atoms in total. The third-order valence-electron chi connectivity index (χ3n) is 4.03. The number of fused-ring (bicyclic) bond motifs is 3. The van der Waals surface area contributed by atoms with Gasteiger partial charge in [-0.25, -0.2) is 18.7 Å². The molecule has 4 aromatic rings. The van der Waals surface area contributed by atoms with E-state index in [2.05, 4.69) is 20.1 Å². The summed E-state index contributed by atoms with van der Waals surface area (Å²) in [4.78, 5) is 24.5. The molecule has 0 bridgehead atoms. The molecule has 0 aliphatic rings. The van der Waals surface area contributed by atoms with Gasteiger partial charge in [-0.1, -0.05) is 6.92 Å². The largest absolute Gasteiger partial charge is 0.332 e. The fourth-order valence-corrected chi connectivity index (χ4v) is 2.99. The number of H-pyrrole nitrogens is 1. The monoisotopic (exact) mass is 361 g/mol. The lowest BCUT2D eigenvalue weighted by Crippen LogP contribution is -2.23. The first-order valence-corrected chi connectivity index (χ1v) is 8.23. The maximum absolute atomic E-state index is 13.2. The molecule has 1 N–H and O–H groups in total. The molecular weight excluding hydrogens is 344 g/mol. The van der Waals surface area contributed by atoms with Gasteiger partial charge in [0.05, 0.1) is 11.8 Å². The van der Waals surface area contributed by atoms with Crippen molar-refractivity contribution in [1.29, 1.82) is 0 Å². The molecular formula is C16H17F2N7O. The first kappa shape index (κ1) is 16.4. The SMILES string of the molecule is CCCn1c(=O)c2[nH]c(-c3cnn(CC(C)(F)F)c3)nc2n2ccnc12. The Balaban J connectivity index is 1.86. The van der Waals surface area contributed by atoms with E-state index >= 15 is 0 Å². The van der Waals surface area contributed by atoms with Crippen LogP contribution in [0.3, 0.4) is 0 Å². The molecule has 4 heterocycles. The van der Waals surface area contributed by atoms with Crippen LogP contribution >= 0.6 is 0 Å². The van der Waals surface area contributed by atoms with Crippen molar-refractivity contribution in [2.75, 3.05) is 0 Å². The van der Waals surface area contributed by atoms with Gasteiger partial charge in [-0.05, 0) is 6.42 Å². The van der Waals surface area contributed by atoms with Gasteiger partial charge in [0, 0.05) is 32.1 Å². The lowest BCUT2D eigenvalue weighted by molar-refractivity contribution is 0.000603. The highest BCUT2D eigenvalue weighted by molar-refractivity contribution is 5.77. The molecule has 0 amide bonds. The third kappa shape index (κ3) is 2.67. The Hall–Kier alpha value is -3.04. The molecule has 26 heavy (non-hydrogen) atoms. The number of aromatic nitrogens is 7. The Morgan fingerprint density at radius 3 is 2.88 bits per heavy atom. The molecule has 0 saturated carbocycles. The molecule has 0 aliphatic carbocycles. The summed E-state index contributed by atoms with van der Waals surface area (Å²) in [5, 5.41) is 3.94. The van der Waals surface area contributed by atoms with Gasteiger partial charge >= 0.3 is 0 Å². The number of nitrogens with zero attached hydrogens (tertiary/aromatic N) is 6. The van der Waals surface area contributed by atoms with Crippen LogP contribution in [0.15, 0.2) is 29.6 Å². The van der Waals surface area contributed by atoms with Crippen LogP contribution in [0.5, 0.6) is 0 Å². The van der Waals surface area contributed by atoms with Crippen LogP contribution in [0.1, 0.15) is 20.3 Å². The van der Waals surface area contributed by atoms with E-state index in [1.54, 1.807) is 21.4 Å². The Morgan fingerprint density at radius 2 is 2.15 bits per heavy atom. The van der Waals surface area contributed by atoms with Crippen LogP contribution in [0.2, 0.25) is 0 Å². The van der Waals surface area contributed by atoms with Crippen LogP contribution in [0.4, 0.5) is 8.78 Å². The lowest BCUT2D eigenvalue weighted by Gasteiger charge is -2.08. The minimum atomic E-state index is -2.87. The Labute approximate surface area is 146 Å². The van der Waals surface area contributed by atoms with E-state index in [0.29, 0.717) is 34.9 Å². The third-order valence-corrected chi connectivity index (χ3v) is 4.03. The normalized spacial score (nSPS) is 12.5. The Bertz CT molecular complexity index is 1150. The molecule has 0 atom stereocenters. The van der Waals surface area contributed by atoms with Crippen LogP contribution in [0, 0.1) is 0 Å². The van der Waals surface area contributed by atoms with E-state index in [9.17, 15) is 13.6 Å². The molecule has 10 heteroatoms. The minimum absolute atomic E-state index is 0.216. The van der Waals surface area contributed by atoms with Gasteiger partial charge in [-0.15, -0.1) is 0 Å². The van der Waals surface area contributed by atoms with Gasteiger partial charge in [0.1, 0.15) is 12.4 Å². The zero-order valence-corrected chi connectivity index (χ0v) is 14.3. The van der Waals surface area contributed by atoms with Crippen molar-refractivity contribution in [3.05, 3.63) is 35.1 Å². The highest BCUT2D eigenvalue weighted by atomic mass is 19.3. The summed E-state index contributed by atoms with van der Waals surface area (Å²) in [7, 11) is 0. The van der Waals surface area contributed by atoms with Crippen molar-refractivity contribution in [3.8, 4) is 11.4 Å². The summed E-state index contributed by atoms with van der Waals surface area (Å²) in [6, 6.07) is 0. The molecule has 0 fully saturated rings. The first-order valence-electron chi connectivity index (χ1n) is 8.23. The zero-order chi connectivity index (χ0) is 18.5. The number of aryl methyl sites for hydroxylation is 1. The van der Waals surface area contributed by atoms with E-state index in [4.69, 9.17) is 0 Å². The number of hydrogen-bond donors (Lipinski definition) is 1. The number of hydrogen-bond acceptors (Lipinski definition) is 4. The topological polar surface area (TPSA) is 85.8 Å². The standard InChI is InChI=1S/C16H17F2N7O/c1-3-5-25-14(26)11-13(24-6-4-19-15(24)25)22-12(21-11)10-7-20-23(8-10)9-16(2,17)18/h4,6-8H,3,5,9H2,1-2H3,(H,21,22). The van der Waals surface area contributed by atoms with Crippen molar-refractivity contribution in [2.24, 2.45) is 0 Å². The number of halogens is 2. The summed E-state index contributed by atoms with van der Waals surface area (Å²) < 4.78 is 30.8. The fourth-order valence-electron chi connectivity index (χ4n) is 2.99. The number of imidazole rings is 2. The Kier molecular flexibility index (Phi) is 3.63. The number of alkyl halides is 2. The van der Waals surface area contributed by atoms with Gasteiger partial charge in [0.15, 0.2) is 11.2 Å². The predicted octanol–water partition coefficient (Wildman–Crippen LogP) is 2.30. The summed E-state index contributed by atoms with van der Waals surface area (Å²) in [5.74, 6) is -1.95. The molecule has 0 radical (unpaired) electrons. The summed E-state index contributed by atoms with van der Waals surface area (Å²) in [6.45, 7) is 2.82. The maximum Gasteiger partial charge on any atom is 0.280 e. The number of aromatic amines is 1. The van der Waals surface area contributed by atoms with Crippen molar-refractivity contribution in [2.45, 2.75) is 39.3 Å². The molecule has 4 aromatic heterocycles. The molecule has 0 aromatic carbocycles. The molecule has 0 spiro atoms. The van der Waals surface area contributed by atoms with Crippen molar-refractivity contribution < 1.29 is 8.78 Å². The van der Waals surface area contributed by atoms with E-state index in [1.807, 2.05) is 6.92 Å². The lowest BCUT2D eigenvalue weighted by atomic mass is 10.3. The smallest absolute Gasteiger partial charge is 0.280 e. The van der Waals surface area contributed by atoms with Gasteiger partial charge in [0.2, 0.25) is 5.78 Å². The molecule has 0 saturated heterocycles. The van der Waals surface area contributed by atoms with Crippen molar-refractivity contribution >= 4 is 16.9 Å². The van der Waals surface area contributed by atoms with Crippen molar-refractivity contribution in [3.63, 3.8) is 0 Å². The molecule has 0 unspecified atom stereocenters. The second kappa shape index (κ2) is 5.75. The summed E-state index contributed by atoms with van der Waals surface area (Å²) in [5.41, 5.74) is 1.10. The molecule has 136 valence electrons. The first-order chi connectivity index (χ1) is 12.4. The number of rotatable bonds is 5. The van der Waals surface area contributed by atoms with E-state index < -0.39 is 12.5 Å². The average Bonchev–Trinajstić information content (AvgIpc) is 3.27. The number of nitrogens with one attached hydrogen (secondary N) is 1. The van der Waals surface area contributed by atoms with Crippen LogP contribution in [0.25, 0.3) is 28.3 Å². The highest BCUT2D eigenvalue weighted by Crippen LogP contribution is 2.21. The molecule has 4 rings (SSSR count). The van der Waals surface area contributed by atoms with E-state index in [0.717, 1.165) is 18.0 Å².